The smallest absolute Gasteiger partial charge is 0.403 e. The lowest BCUT2D eigenvalue weighted by molar-refractivity contribution is -0.165. The zero-order valence-corrected chi connectivity index (χ0v) is 22.1. The summed E-state index contributed by atoms with van der Waals surface area (Å²) < 4.78 is 74.4. The third-order valence-corrected chi connectivity index (χ3v) is 7.99. The maximum absolute atomic E-state index is 13.6. The maximum atomic E-state index is 13.6. The van der Waals surface area contributed by atoms with Crippen molar-refractivity contribution in [2.45, 2.75) is 29.3 Å². The molecule has 1 aliphatic rings. The van der Waals surface area contributed by atoms with Crippen LogP contribution in [0.2, 0.25) is 10.0 Å². The second-order valence-electron chi connectivity index (χ2n) is 8.31. The van der Waals surface area contributed by atoms with Crippen molar-refractivity contribution in [3.05, 3.63) is 62.9 Å². The number of halogens is 6. The minimum Gasteiger partial charge on any atom is -0.418 e. The Labute approximate surface area is 221 Å². The van der Waals surface area contributed by atoms with Gasteiger partial charge in [-0.3, -0.25) is 0 Å². The third-order valence-electron chi connectivity index (χ3n) is 5.80. The topological polar surface area (TPSA) is 90.9 Å². The summed E-state index contributed by atoms with van der Waals surface area (Å²) in [5.41, 5.74) is -1.69. The van der Waals surface area contributed by atoms with E-state index in [2.05, 4.69) is 31.2 Å². The number of aromatic nitrogens is 4. The maximum Gasteiger partial charge on any atom is 0.403 e. The van der Waals surface area contributed by atoms with Gasteiger partial charge in [-0.1, -0.05) is 51.3 Å². The van der Waals surface area contributed by atoms with Gasteiger partial charge in [-0.25, -0.2) is 13.1 Å². The van der Waals surface area contributed by atoms with Gasteiger partial charge in [-0.15, -0.1) is 10.2 Å². The largest absolute Gasteiger partial charge is 0.418 e. The second kappa shape index (κ2) is 8.57. The van der Waals surface area contributed by atoms with Crippen LogP contribution in [0.3, 0.4) is 0 Å². The highest BCUT2D eigenvalue weighted by atomic mass is 79.9. The van der Waals surface area contributed by atoms with Crippen molar-refractivity contribution in [2.75, 3.05) is 6.26 Å². The van der Waals surface area contributed by atoms with Gasteiger partial charge in [0, 0.05) is 21.3 Å². The molecule has 0 saturated heterocycles. The van der Waals surface area contributed by atoms with Crippen LogP contribution in [-0.4, -0.2) is 40.8 Å². The van der Waals surface area contributed by atoms with Gasteiger partial charge >= 0.3 is 6.18 Å². The molecule has 188 valence electrons. The first-order valence-corrected chi connectivity index (χ1v) is 13.7. The number of nitrogens with zero attached hydrogens (tertiary/aromatic N) is 4. The van der Waals surface area contributed by atoms with E-state index < -0.39 is 33.2 Å². The first kappa shape index (κ1) is 25.2. The summed E-state index contributed by atoms with van der Waals surface area (Å²) >= 11 is 15.8. The van der Waals surface area contributed by atoms with Gasteiger partial charge in [-0.2, -0.15) is 18.3 Å². The van der Waals surface area contributed by atoms with Crippen molar-refractivity contribution in [2.24, 2.45) is 0 Å². The summed E-state index contributed by atoms with van der Waals surface area (Å²) in [5, 5.41) is 12.3. The van der Waals surface area contributed by atoms with Crippen LogP contribution in [0.1, 0.15) is 18.7 Å². The number of hydrogen-bond acceptors (Lipinski definition) is 6. The highest BCUT2D eigenvalue weighted by molar-refractivity contribution is 9.10. The van der Waals surface area contributed by atoms with E-state index in [4.69, 9.17) is 27.6 Å². The predicted molar refractivity (Wildman–Crippen MR) is 130 cm³/mol. The van der Waals surface area contributed by atoms with Crippen molar-refractivity contribution >= 4 is 49.0 Å². The standard InChI is InChI=1S/C22H14BrCl2F3N4O3S/c1-36(33,34)18-16(19-29-30-20(35-19)21(8-9-21)22(26,27)28)31-32(15-7-6-13(24)10-14(15)25)17(18)11-2-4-12(23)5-3-11/h2-7,10H,8-9H2,1H3. The fourth-order valence-corrected chi connectivity index (χ4v) is 5.63. The summed E-state index contributed by atoms with van der Waals surface area (Å²) in [5.74, 6) is -1.09. The molecule has 7 nitrogen and oxygen atoms in total. The van der Waals surface area contributed by atoms with E-state index >= 15 is 0 Å². The quantitative estimate of drug-likeness (QED) is 0.248. The molecule has 1 fully saturated rings. The van der Waals surface area contributed by atoms with Gasteiger partial charge in [-0.05, 0) is 43.2 Å². The number of alkyl halides is 3. The molecule has 2 aromatic carbocycles. The van der Waals surface area contributed by atoms with Crippen LogP contribution in [0.15, 0.2) is 56.2 Å². The summed E-state index contributed by atoms with van der Waals surface area (Å²) in [7, 11) is -4.03. The van der Waals surface area contributed by atoms with E-state index in [-0.39, 0.29) is 39.8 Å². The zero-order chi connectivity index (χ0) is 26.0. The van der Waals surface area contributed by atoms with Gasteiger partial charge < -0.3 is 4.42 Å². The van der Waals surface area contributed by atoms with E-state index in [0.29, 0.717) is 10.6 Å². The Bertz CT molecular complexity index is 1600. The Kier molecular flexibility index (Phi) is 6.01. The fraction of sp³-hybridized carbons (Fsp3) is 0.227. The molecule has 1 aliphatic carbocycles. The Morgan fingerprint density at radius 1 is 1.08 bits per heavy atom. The lowest BCUT2D eigenvalue weighted by Crippen LogP contribution is -2.28. The molecule has 5 rings (SSSR count). The molecule has 0 bridgehead atoms. The number of benzene rings is 2. The first-order chi connectivity index (χ1) is 16.8. The molecular formula is C22H14BrCl2F3N4O3S. The lowest BCUT2D eigenvalue weighted by Gasteiger charge is -2.14. The Balaban J connectivity index is 1.80. The molecule has 1 saturated carbocycles. The van der Waals surface area contributed by atoms with Crippen molar-refractivity contribution in [3.63, 3.8) is 0 Å². The Morgan fingerprint density at radius 3 is 2.31 bits per heavy atom. The van der Waals surface area contributed by atoms with Gasteiger partial charge in [0.15, 0.2) is 15.5 Å². The normalized spacial score (nSPS) is 15.3. The van der Waals surface area contributed by atoms with Crippen LogP contribution in [-0.2, 0) is 15.3 Å². The molecule has 2 aromatic heterocycles. The Morgan fingerprint density at radius 2 is 1.75 bits per heavy atom. The lowest BCUT2D eigenvalue weighted by atomic mass is 10.1. The van der Waals surface area contributed by atoms with Crippen LogP contribution in [0.25, 0.3) is 28.5 Å². The third kappa shape index (κ3) is 4.23. The molecule has 4 aromatic rings. The van der Waals surface area contributed by atoms with Crippen molar-refractivity contribution in [3.8, 4) is 28.5 Å². The van der Waals surface area contributed by atoms with E-state index in [0.717, 1.165) is 10.7 Å². The molecule has 0 radical (unpaired) electrons. The first-order valence-electron chi connectivity index (χ1n) is 10.3. The fourth-order valence-electron chi connectivity index (χ4n) is 3.84. The van der Waals surface area contributed by atoms with E-state index in [1.54, 1.807) is 30.3 Å². The average Bonchev–Trinajstić information content (AvgIpc) is 3.29. The highest BCUT2D eigenvalue weighted by Gasteiger charge is 2.68. The van der Waals surface area contributed by atoms with Crippen molar-refractivity contribution in [1.29, 1.82) is 0 Å². The number of sulfone groups is 1. The summed E-state index contributed by atoms with van der Waals surface area (Å²) in [6, 6.07) is 11.2. The average molecular weight is 622 g/mol. The minimum absolute atomic E-state index is 0.112. The zero-order valence-electron chi connectivity index (χ0n) is 18.1. The monoisotopic (exact) mass is 620 g/mol. The van der Waals surface area contributed by atoms with Crippen LogP contribution in [0.5, 0.6) is 0 Å². The summed E-state index contributed by atoms with van der Waals surface area (Å²) in [6.07, 6.45) is -4.03. The van der Waals surface area contributed by atoms with Gasteiger partial charge in [0.25, 0.3) is 5.89 Å². The van der Waals surface area contributed by atoms with Crippen molar-refractivity contribution < 1.29 is 26.0 Å². The highest BCUT2D eigenvalue weighted by Crippen LogP contribution is 2.58. The van der Waals surface area contributed by atoms with Crippen LogP contribution in [0.4, 0.5) is 13.2 Å². The number of hydrogen-bond donors (Lipinski definition) is 0. The van der Waals surface area contributed by atoms with Crippen LogP contribution >= 0.6 is 39.1 Å². The molecule has 0 atom stereocenters. The molecule has 14 heteroatoms. The molecule has 0 amide bonds. The SMILES string of the molecule is CS(=O)(=O)c1c(-c2nnc(C3(C(F)(F)F)CC3)o2)nn(-c2ccc(Cl)cc2Cl)c1-c1ccc(Br)cc1. The Hall–Kier alpha value is -2.41. The molecule has 0 aliphatic heterocycles. The predicted octanol–water partition coefficient (Wildman–Crippen LogP) is 6.66. The van der Waals surface area contributed by atoms with E-state index in [9.17, 15) is 21.6 Å². The van der Waals surface area contributed by atoms with Gasteiger partial charge in [0.1, 0.15) is 10.3 Å². The van der Waals surface area contributed by atoms with Gasteiger partial charge in [0.05, 0.1) is 16.4 Å². The van der Waals surface area contributed by atoms with Gasteiger partial charge in [0.2, 0.25) is 5.89 Å². The minimum atomic E-state index is -4.59. The second-order valence-corrected chi connectivity index (χ2v) is 12.0. The van der Waals surface area contributed by atoms with Crippen molar-refractivity contribution in [1.82, 2.24) is 20.0 Å². The number of rotatable bonds is 5. The molecule has 2 heterocycles. The summed E-state index contributed by atoms with van der Waals surface area (Å²) in [4.78, 5) is -0.303. The molecule has 36 heavy (non-hydrogen) atoms. The summed E-state index contributed by atoms with van der Waals surface area (Å²) in [6.45, 7) is 0. The van der Waals surface area contributed by atoms with Crippen LogP contribution in [0, 0.1) is 0 Å². The molecule has 0 N–H and O–H groups in total. The molecular weight excluding hydrogens is 608 g/mol. The molecule has 0 unspecified atom stereocenters. The van der Waals surface area contributed by atoms with E-state index in [1.807, 2.05) is 0 Å². The van der Waals surface area contributed by atoms with Crippen LogP contribution < -0.4 is 0 Å². The molecule has 0 spiro atoms. The van der Waals surface area contributed by atoms with E-state index in [1.165, 1.54) is 16.8 Å².